The molecular formula is C8H10BrO. The third-order valence-electron chi connectivity index (χ3n) is 1.44. The lowest BCUT2D eigenvalue weighted by Crippen LogP contribution is -1.92. The Labute approximate surface area is 69.6 Å². The highest BCUT2D eigenvalue weighted by atomic mass is 79.9. The van der Waals surface area contributed by atoms with Crippen molar-refractivity contribution in [2.24, 2.45) is 0 Å². The van der Waals surface area contributed by atoms with Gasteiger partial charge in [-0.3, -0.25) is 0 Å². The van der Waals surface area contributed by atoms with Crippen LogP contribution in [0.3, 0.4) is 0 Å². The van der Waals surface area contributed by atoms with Gasteiger partial charge < -0.3 is 5.11 Å². The average molecular weight is 202 g/mol. The van der Waals surface area contributed by atoms with E-state index in [0.717, 1.165) is 17.3 Å². The molecule has 1 nitrogen and oxygen atoms in total. The molecule has 1 N–H and O–H groups in total. The van der Waals surface area contributed by atoms with Crippen molar-refractivity contribution in [3.8, 4) is 0 Å². The molecule has 1 aliphatic carbocycles. The van der Waals surface area contributed by atoms with E-state index in [4.69, 9.17) is 5.11 Å². The van der Waals surface area contributed by atoms with Gasteiger partial charge in [-0.2, -0.15) is 0 Å². The zero-order valence-corrected chi connectivity index (χ0v) is 7.26. The fourth-order valence-electron chi connectivity index (χ4n) is 0.916. The highest BCUT2D eigenvalue weighted by Gasteiger charge is 2.03. The molecule has 0 aromatic carbocycles. The lowest BCUT2D eigenvalue weighted by Gasteiger charge is -2.08. The van der Waals surface area contributed by atoms with Crippen LogP contribution in [0.5, 0.6) is 0 Å². The van der Waals surface area contributed by atoms with E-state index >= 15 is 0 Å². The third-order valence-corrected chi connectivity index (χ3v) is 2.27. The van der Waals surface area contributed by atoms with Crippen LogP contribution in [0.4, 0.5) is 0 Å². The predicted molar refractivity (Wildman–Crippen MR) is 45.7 cm³/mol. The summed E-state index contributed by atoms with van der Waals surface area (Å²) in [4.78, 5) is 0. The summed E-state index contributed by atoms with van der Waals surface area (Å²) in [5, 5.41) is 8.63. The monoisotopic (exact) mass is 201 g/mol. The number of aliphatic hydroxyl groups is 1. The van der Waals surface area contributed by atoms with Crippen molar-refractivity contribution in [1.82, 2.24) is 0 Å². The van der Waals surface area contributed by atoms with Gasteiger partial charge in [0.05, 0.1) is 0 Å². The van der Waals surface area contributed by atoms with Crippen molar-refractivity contribution < 1.29 is 5.11 Å². The van der Waals surface area contributed by atoms with Crippen LogP contribution in [0.1, 0.15) is 12.8 Å². The summed E-state index contributed by atoms with van der Waals surface area (Å²) >= 11 is 3.42. The molecule has 0 spiro atoms. The minimum absolute atomic E-state index is 0.225. The normalized spacial score (nSPS) is 18.2. The van der Waals surface area contributed by atoms with Crippen LogP contribution >= 0.6 is 15.9 Å². The number of hydrogen-bond acceptors (Lipinski definition) is 1. The minimum Gasteiger partial charge on any atom is -0.396 e. The molecule has 0 aromatic heterocycles. The van der Waals surface area contributed by atoms with Gasteiger partial charge in [0, 0.05) is 17.5 Å². The largest absolute Gasteiger partial charge is 0.396 e. The minimum atomic E-state index is 0.225. The maximum absolute atomic E-state index is 8.63. The van der Waals surface area contributed by atoms with E-state index in [1.54, 1.807) is 0 Å². The second kappa shape index (κ2) is 3.94. The van der Waals surface area contributed by atoms with E-state index in [-0.39, 0.29) is 6.61 Å². The van der Waals surface area contributed by atoms with Crippen molar-refractivity contribution in [2.75, 3.05) is 6.61 Å². The molecule has 0 heterocycles. The van der Waals surface area contributed by atoms with Gasteiger partial charge in [-0.1, -0.05) is 28.1 Å². The molecule has 2 heteroatoms. The first-order valence-electron chi connectivity index (χ1n) is 3.34. The van der Waals surface area contributed by atoms with Gasteiger partial charge in [-0.05, 0) is 18.4 Å². The Morgan fingerprint density at radius 3 is 3.00 bits per heavy atom. The maximum Gasteiger partial charge on any atom is 0.0471 e. The Balaban J connectivity index is 2.60. The van der Waals surface area contributed by atoms with E-state index < -0.39 is 0 Å². The second-order valence-electron chi connectivity index (χ2n) is 2.19. The average Bonchev–Trinajstić information content (AvgIpc) is 1.94. The first-order chi connectivity index (χ1) is 4.84. The quantitative estimate of drug-likeness (QED) is 0.727. The van der Waals surface area contributed by atoms with E-state index in [0.29, 0.717) is 0 Å². The van der Waals surface area contributed by atoms with Gasteiger partial charge >= 0.3 is 0 Å². The Morgan fingerprint density at radius 1 is 1.60 bits per heavy atom. The van der Waals surface area contributed by atoms with Gasteiger partial charge in [-0.25, -0.2) is 0 Å². The van der Waals surface area contributed by atoms with Crippen molar-refractivity contribution in [2.45, 2.75) is 12.8 Å². The fourth-order valence-corrected chi connectivity index (χ4v) is 1.43. The molecule has 0 atom stereocenters. The Morgan fingerprint density at radius 2 is 2.40 bits per heavy atom. The van der Waals surface area contributed by atoms with Gasteiger partial charge in [0.2, 0.25) is 0 Å². The molecule has 0 amide bonds. The van der Waals surface area contributed by atoms with Crippen molar-refractivity contribution in [1.29, 1.82) is 0 Å². The number of rotatable bonds is 2. The molecule has 55 valence electrons. The number of halogens is 1. The summed E-state index contributed by atoms with van der Waals surface area (Å²) in [5.41, 5.74) is 1.19. The first-order valence-corrected chi connectivity index (χ1v) is 4.13. The van der Waals surface area contributed by atoms with Crippen molar-refractivity contribution in [3.63, 3.8) is 0 Å². The summed E-state index contributed by atoms with van der Waals surface area (Å²) in [7, 11) is 0. The summed E-state index contributed by atoms with van der Waals surface area (Å²) in [6.07, 6.45) is 7.99. The maximum atomic E-state index is 8.63. The highest BCUT2D eigenvalue weighted by Crippen LogP contribution is 2.24. The van der Waals surface area contributed by atoms with Gasteiger partial charge in [0.15, 0.2) is 0 Å². The third kappa shape index (κ3) is 1.96. The van der Waals surface area contributed by atoms with E-state index in [2.05, 4.69) is 34.5 Å². The summed E-state index contributed by atoms with van der Waals surface area (Å²) < 4.78 is 1.13. The Kier molecular flexibility index (Phi) is 3.16. The van der Waals surface area contributed by atoms with Crippen LogP contribution in [0.15, 0.2) is 22.2 Å². The Bertz CT molecular complexity index is 170. The Hall–Kier alpha value is -0.0800. The van der Waals surface area contributed by atoms with E-state index in [9.17, 15) is 0 Å². The molecule has 1 radical (unpaired) electrons. The van der Waals surface area contributed by atoms with Crippen LogP contribution in [-0.2, 0) is 0 Å². The highest BCUT2D eigenvalue weighted by molar-refractivity contribution is 9.11. The second-order valence-corrected chi connectivity index (χ2v) is 3.04. The number of allylic oxidation sites excluding steroid dienone is 3. The predicted octanol–water partition coefficient (Wildman–Crippen LogP) is 2.18. The molecular weight excluding hydrogens is 192 g/mol. The van der Waals surface area contributed by atoms with E-state index in [1.165, 1.54) is 5.57 Å². The zero-order chi connectivity index (χ0) is 7.40. The molecule has 10 heavy (non-hydrogen) atoms. The van der Waals surface area contributed by atoms with Gasteiger partial charge in [0.1, 0.15) is 0 Å². The number of aliphatic hydroxyl groups excluding tert-OH is 1. The molecule has 0 saturated heterocycles. The van der Waals surface area contributed by atoms with Crippen LogP contribution in [0.2, 0.25) is 0 Å². The topological polar surface area (TPSA) is 20.2 Å². The number of hydrogen-bond donors (Lipinski definition) is 1. The standard InChI is InChI=1S/C8H10BrO/c9-8-4-2-1-3-7(8)5-6-10/h1,3-4,10H,2,5-6H2. The molecule has 0 bridgehead atoms. The van der Waals surface area contributed by atoms with Crippen LogP contribution in [0, 0.1) is 6.42 Å². The summed E-state index contributed by atoms with van der Waals surface area (Å²) in [6, 6.07) is 0. The summed E-state index contributed by atoms with van der Waals surface area (Å²) in [6.45, 7) is 0.225. The fraction of sp³-hybridized carbons (Fsp3) is 0.375. The van der Waals surface area contributed by atoms with Crippen LogP contribution in [0.25, 0.3) is 0 Å². The van der Waals surface area contributed by atoms with Crippen LogP contribution < -0.4 is 0 Å². The van der Waals surface area contributed by atoms with Crippen LogP contribution in [-0.4, -0.2) is 11.7 Å². The lowest BCUT2D eigenvalue weighted by molar-refractivity contribution is 0.300. The molecule has 1 rings (SSSR count). The first kappa shape index (κ1) is 8.02. The smallest absolute Gasteiger partial charge is 0.0471 e. The molecule has 0 aliphatic heterocycles. The molecule has 0 aromatic rings. The molecule has 0 fully saturated rings. The van der Waals surface area contributed by atoms with Crippen molar-refractivity contribution >= 4 is 15.9 Å². The summed E-state index contributed by atoms with van der Waals surface area (Å²) in [5.74, 6) is 0. The van der Waals surface area contributed by atoms with Gasteiger partial charge in [0.25, 0.3) is 0 Å². The molecule has 0 unspecified atom stereocenters. The van der Waals surface area contributed by atoms with E-state index in [1.807, 2.05) is 0 Å². The molecule has 0 saturated carbocycles. The molecule has 1 aliphatic rings. The zero-order valence-electron chi connectivity index (χ0n) is 5.68. The SMILES string of the molecule is OCCC1=C(Br)[CH]CC=C1. The van der Waals surface area contributed by atoms with Gasteiger partial charge in [-0.15, -0.1) is 0 Å². The van der Waals surface area contributed by atoms with Crippen molar-refractivity contribution in [3.05, 3.63) is 28.6 Å². The lowest BCUT2D eigenvalue weighted by atomic mass is 10.1.